The number of aromatic nitrogens is 2. The number of hydrogen-bond acceptors (Lipinski definition) is 7. The predicted molar refractivity (Wildman–Crippen MR) is 110 cm³/mol. The lowest BCUT2D eigenvalue weighted by Gasteiger charge is -2.25. The number of para-hydroxylation sites is 1. The van der Waals surface area contributed by atoms with Crippen LogP contribution in [0.1, 0.15) is 0 Å². The van der Waals surface area contributed by atoms with Gasteiger partial charge in [0.15, 0.2) is 5.16 Å². The van der Waals surface area contributed by atoms with Gasteiger partial charge in [0, 0.05) is 29.1 Å². The molecule has 3 aromatic rings. The normalized spacial score (nSPS) is 14.9. The van der Waals surface area contributed by atoms with E-state index >= 15 is 0 Å². The van der Waals surface area contributed by atoms with Crippen molar-refractivity contribution in [3.63, 3.8) is 0 Å². The quantitative estimate of drug-likeness (QED) is 0.642. The Kier molecular flexibility index (Phi) is 5.70. The number of benzene rings is 2. The van der Waals surface area contributed by atoms with E-state index in [1.807, 2.05) is 48.5 Å². The van der Waals surface area contributed by atoms with Crippen molar-refractivity contribution in [1.29, 1.82) is 0 Å². The zero-order valence-corrected chi connectivity index (χ0v) is 16.1. The molecule has 1 amide bonds. The van der Waals surface area contributed by atoms with Crippen molar-refractivity contribution < 1.29 is 9.53 Å². The first kappa shape index (κ1) is 18.7. The first-order valence-corrected chi connectivity index (χ1v) is 9.89. The molecular weight excluding hydrogens is 374 g/mol. The standard InChI is InChI=1S/C20H21N5O2S/c21-19-16-3-1-2-4-17(16)23-20(24-19)28-15-7-5-14(6-8-15)22-18(26)13-25-9-11-27-12-10-25/h1-8H,9-13H2,(H,22,26)(H2,21,23,24). The Balaban J connectivity index is 1.38. The molecule has 0 unspecified atom stereocenters. The van der Waals surface area contributed by atoms with Crippen molar-refractivity contribution >= 4 is 40.1 Å². The number of carbonyl (C=O) groups is 1. The van der Waals surface area contributed by atoms with Crippen molar-refractivity contribution in [1.82, 2.24) is 14.9 Å². The smallest absolute Gasteiger partial charge is 0.238 e. The SMILES string of the molecule is Nc1nc(Sc2ccc(NC(=O)CN3CCOCC3)cc2)nc2ccccc12. The number of amides is 1. The number of nitrogen functional groups attached to an aromatic ring is 1. The molecule has 3 N–H and O–H groups in total. The van der Waals surface area contributed by atoms with Crippen molar-refractivity contribution in [2.24, 2.45) is 0 Å². The first-order chi connectivity index (χ1) is 13.7. The van der Waals surface area contributed by atoms with Crippen LogP contribution >= 0.6 is 11.8 Å². The average molecular weight is 395 g/mol. The molecule has 28 heavy (non-hydrogen) atoms. The summed E-state index contributed by atoms with van der Waals surface area (Å²) in [4.78, 5) is 24.2. The maximum atomic E-state index is 12.2. The number of fused-ring (bicyclic) bond motifs is 1. The number of carbonyl (C=O) groups excluding carboxylic acids is 1. The zero-order chi connectivity index (χ0) is 19.3. The van der Waals surface area contributed by atoms with Gasteiger partial charge in [0.05, 0.1) is 25.3 Å². The third-order valence-corrected chi connectivity index (χ3v) is 5.30. The highest BCUT2D eigenvalue weighted by atomic mass is 32.2. The van der Waals surface area contributed by atoms with Crippen LogP contribution < -0.4 is 11.1 Å². The van der Waals surface area contributed by atoms with Crippen molar-refractivity contribution in [3.05, 3.63) is 48.5 Å². The molecule has 0 aliphatic carbocycles. The number of ether oxygens (including phenoxy) is 1. The van der Waals surface area contributed by atoms with E-state index in [-0.39, 0.29) is 5.91 Å². The number of nitrogens with two attached hydrogens (primary N) is 1. The molecule has 1 aliphatic rings. The summed E-state index contributed by atoms with van der Waals surface area (Å²) in [7, 11) is 0. The number of nitrogens with zero attached hydrogens (tertiary/aromatic N) is 3. The molecule has 1 aliphatic heterocycles. The minimum Gasteiger partial charge on any atom is -0.383 e. The van der Waals surface area contributed by atoms with Gasteiger partial charge in [0.1, 0.15) is 5.82 Å². The third-order valence-electron chi connectivity index (χ3n) is 4.43. The largest absolute Gasteiger partial charge is 0.383 e. The summed E-state index contributed by atoms with van der Waals surface area (Å²) in [6.07, 6.45) is 0. The Morgan fingerprint density at radius 3 is 2.64 bits per heavy atom. The minimum atomic E-state index is -0.0204. The molecule has 1 aromatic heterocycles. The second kappa shape index (κ2) is 8.55. The van der Waals surface area contributed by atoms with Gasteiger partial charge in [0.2, 0.25) is 5.91 Å². The summed E-state index contributed by atoms with van der Waals surface area (Å²) in [6, 6.07) is 15.3. The molecule has 1 fully saturated rings. The molecular formula is C20H21N5O2S. The van der Waals surface area contributed by atoms with E-state index in [1.54, 1.807) is 0 Å². The summed E-state index contributed by atoms with van der Waals surface area (Å²) < 4.78 is 5.30. The van der Waals surface area contributed by atoms with Crippen molar-refractivity contribution in [2.75, 3.05) is 43.9 Å². The monoisotopic (exact) mass is 395 g/mol. The van der Waals surface area contributed by atoms with E-state index < -0.39 is 0 Å². The van der Waals surface area contributed by atoms with Gasteiger partial charge in [-0.05, 0) is 48.2 Å². The molecule has 144 valence electrons. The lowest BCUT2D eigenvalue weighted by atomic mass is 10.2. The molecule has 0 radical (unpaired) electrons. The van der Waals surface area contributed by atoms with Crippen LogP contribution in [0.2, 0.25) is 0 Å². The molecule has 4 rings (SSSR count). The fourth-order valence-corrected chi connectivity index (χ4v) is 3.77. The summed E-state index contributed by atoms with van der Waals surface area (Å²) in [5.41, 5.74) is 7.63. The highest BCUT2D eigenvalue weighted by molar-refractivity contribution is 7.99. The Bertz CT molecular complexity index is 974. The van der Waals surface area contributed by atoms with Gasteiger partial charge in [-0.2, -0.15) is 0 Å². The molecule has 7 nitrogen and oxygen atoms in total. The van der Waals surface area contributed by atoms with E-state index in [4.69, 9.17) is 10.5 Å². The Labute approximate surface area is 167 Å². The van der Waals surface area contributed by atoms with Gasteiger partial charge in [0.25, 0.3) is 0 Å². The molecule has 0 atom stereocenters. The Hall–Kier alpha value is -2.68. The van der Waals surface area contributed by atoms with Crippen LogP contribution in [0, 0.1) is 0 Å². The summed E-state index contributed by atoms with van der Waals surface area (Å²) >= 11 is 1.44. The molecule has 2 heterocycles. The maximum Gasteiger partial charge on any atom is 0.238 e. The second-order valence-electron chi connectivity index (χ2n) is 6.47. The third kappa shape index (κ3) is 4.59. The highest BCUT2D eigenvalue weighted by Gasteiger charge is 2.14. The van der Waals surface area contributed by atoms with Crippen LogP contribution in [-0.2, 0) is 9.53 Å². The summed E-state index contributed by atoms with van der Waals surface area (Å²) in [5.74, 6) is 0.452. The summed E-state index contributed by atoms with van der Waals surface area (Å²) in [5, 5.41) is 4.38. The fourth-order valence-electron chi connectivity index (χ4n) is 3.00. The van der Waals surface area contributed by atoms with Gasteiger partial charge in [-0.1, -0.05) is 12.1 Å². The molecule has 0 saturated carbocycles. The first-order valence-electron chi connectivity index (χ1n) is 9.07. The van der Waals surface area contributed by atoms with Crippen LogP contribution in [0.25, 0.3) is 10.9 Å². The molecule has 0 spiro atoms. The van der Waals surface area contributed by atoms with Gasteiger partial charge >= 0.3 is 0 Å². The minimum absolute atomic E-state index is 0.0204. The maximum absolute atomic E-state index is 12.2. The predicted octanol–water partition coefficient (Wildman–Crippen LogP) is 2.63. The van der Waals surface area contributed by atoms with Crippen LogP contribution in [0.3, 0.4) is 0 Å². The highest BCUT2D eigenvalue weighted by Crippen LogP contribution is 2.28. The van der Waals surface area contributed by atoms with Gasteiger partial charge in [-0.15, -0.1) is 0 Å². The fraction of sp³-hybridized carbons (Fsp3) is 0.250. The van der Waals surface area contributed by atoms with E-state index in [9.17, 15) is 4.79 Å². The molecule has 0 bridgehead atoms. The topological polar surface area (TPSA) is 93.4 Å². The van der Waals surface area contributed by atoms with E-state index in [0.717, 1.165) is 34.6 Å². The van der Waals surface area contributed by atoms with Crippen LogP contribution in [0.4, 0.5) is 11.5 Å². The van der Waals surface area contributed by atoms with Crippen molar-refractivity contribution in [3.8, 4) is 0 Å². The number of morpholine rings is 1. The summed E-state index contributed by atoms with van der Waals surface area (Å²) in [6.45, 7) is 3.32. The number of hydrogen-bond donors (Lipinski definition) is 2. The number of rotatable bonds is 5. The number of anilines is 2. The lowest BCUT2D eigenvalue weighted by molar-refractivity contribution is -0.118. The van der Waals surface area contributed by atoms with E-state index in [2.05, 4.69) is 20.2 Å². The van der Waals surface area contributed by atoms with Crippen molar-refractivity contribution in [2.45, 2.75) is 10.1 Å². The molecule has 8 heteroatoms. The average Bonchev–Trinajstić information content (AvgIpc) is 2.70. The van der Waals surface area contributed by atoms with Crippen LogP contribution in [-0.4, -0.2) is 53.6 Å². The van der Waals surface area contributed by atoms with Crippen LogP contribution in [0.5, 0.6) is 0 Å². The lowest BCUT2D eigenvalue weighted by Crippen LogP contribution is -2.41. The van der Waals surface area contributed by atoms with E-state index in [1.165, 1.54) is 11.8 Å². The molecule has 1 saturated heterocycles. The second-order valence-corrected chi connectivity index (χ2v) is 7.51. The Morgan fingerprint density at radius 1 is 1.11 bits per heavy atom. The van der Waals surface area contributed by atoms with Gasteiger partial charge in [-0.3, -0.25) is 9.69 Å². The van der Waals surface area contributed by atoms with E-state index in [0.29, 0.717) is 30.7 Å². The van der Waals surface area contributed by atoms with Crippen LogP contribution in [0.15, 0.2) is 58.6 Å². The molecule has 2 aromatic carbocycles. The Morgan fingerprint density at radius 2 is 1.86 bits per heavy atom. The zero-order valence-electron chi connectivity index (χ0n) is 15.3. The van der Waals surface area contributed by atoms with Gasteiger partial charge in [-0.25, -0.2) is 9.97 Å². The number of nitrogens with one attached hydrogen (secondary N) is 1. The van der Waals surface area contributed by atoms with Gasteiger partial charge < -0.3 is 15.8 Å².